The van der Waals surface area contributed by atoms with Crippen molar-refractivity contribution in [3.63, 3.8) is 0 Å². The number of amides is 3. The Morgan fingerprint density at radius 2 is 1.95 bits per heavy atom. The molecule has 20 heavy (non-hydrogen) atoms. The predicted molar refractivity (Wildman–Crippen MR) is 80.5 cm³/mol. The molecule has 0 saturated carbocycles. The highest BCUT2D eigenvalue weighted by atomic mass is 16.2. The summed E-state index contributed by atoms with van der Waals surface area (Å²) in [7, 11) is 0. The van der Waals surface area contributed by atoms with E-state index in [2.05, 4.69) is 10.6 Å². The minimum Gasteiger partial charge on any atom is -0.352 e. The van der Waals surface area contributed by atoms with E-state index in [1.54, 1.807) is 0 Å². The van der Waals surface area contributed by atoms with Crippen molar-refractivity contribution < 1.29 is 9.59 Å². The lowest BCUT2D eigenvalue weighted by molar-refractivity contribution is -0.119. The highest BCUT2D eigenvalue weighted by Crippen LogP contribution is 2.19. The summed E-state index contributed by atoms with van der Waals surface area (Å²) in [4.78, 5) is 23.4. The molecule has 0 aromatic heterocycles. The first kappa shape index (κ1) is 16.0. The van der Waals surface area contributed by atoms with Crippen molar-refractivity contribution in [2.24, 2.45) is 11.7 Å². The van der Waals surface area contributed by atoms with Crippen LogP contribution < -0.4 is 16.4 Å². The molecule has 0 bridgehead atoms. The fourth-order valence-electron chi connectivity index (χ4n) is 1.95. The third kappa shape index (κ3) is 3.98. The normalized spacial score (nSPS) is 13.4. The van der Waals surface area contributed by atoms with Crippen LogP contribution in [0, 0.1) is 19.8 Å². The Labute approximate surface area is 119 Å². The summed E-state index contributed by atoms with van der Waals surface area (Å²) in [6.07, 6.45) is 0.769. The van der Waals surface area contributed by atoms with Crippen LogP contribution in [0.1, 0.15) is 31.4 Å². The van der Waals surface area contributed by atoms with Gasteiger partial charge in [0.1, 0.15) is 6.04 Å². The molecule has 1 aromatic carbocycles. The average molecular weight is 277 g/mol. The van der Waals surface area contributed by atoms with Gasteiger partial charge < -0.3 is 16.4 Å². The van der Waals surface area contributed by atoms with Crippen LogP contribution in [0.4, 0.5) is 10.5 Å². The Kier molecular flexibility index (Phi) is 5.55. The van der Waals surface area contributed by atoms with E-state index in [9.17, 15) is 9.59 Å². The Balaban J connectivity index is 2.90. The maximum Gasteiger partial charge on any atom is 0.312 e. The van der Waals surface area contributed by atoms with Gasteiger partial charge in [-0.05, 0) is 37.0 Å². The largest absolute Gasteiger partial charge is 0.352 e. The number of urea groups is 1. The Bertz CT molecular complexity index is 500. The lowest BCUT2D eigenvalue weighted by Gasteiger charge is -2.23. The molecule has 4 N–H and O–H groups in total. The summed E-state index contributed by atoms with van der Waals surface area (Å²) in [5.41, 5.74) is 8.02. The zero-order valence-electron chi connectivity index (χ0n) is 12.5. The van der Waals surface area contributed by atoms with Crippen LogP contribution in [0.2, 0.25) is 0 Å². The van der Waals surface area contributed by atoms with Crippen LogP contribution in [0.15, 0.2) is 18.2 Å². The molecule has 1 rings (SSSR count). The average Bonchev–Trinajstić information content (AvgIpc) is 2.40. The van der Waals surface area contributed by atoms with Crippen molar-refractivity contribution in [2.75, 3.05) is 5.32 Å². The summed E-state index contributed by atoms with van der Waals surface area (Å²) < 4.78 is 0. The minimum absolute atomic E-state index is 0.00705. The van der Waals surface area contributed by atoms with Crippen LogP contribution in [0.25, 0.3) is 0 Å². The van der Waals surface area contributed by atoms with Gasteiger partial charge in [-0.2, -0.15) is 0 Å². The van der Waals surface area contributed by atoms with Crippen molar-refractivity contribution in [3.05, 3.63) is 29.3 Å². The van der Waals surface area contributed by atoms with Crippen molar-refractivity contribution in [1.29, 1.82) is 0 Å². The van der Waals surface area contributed by atoms with E-state index >= 15 is 0 Å². The van der Waals surface area contributed by atoms with E-state index in [0.29, 0.717) is 0 Å². The van der Waals surface area contributed by atoms with Gasteiger partial charge in [0.15, 0.2) is 0 Å². The van der Waals surface area contributed by atoms with Crippen molar-refractivity contribution in [2.45, 2.75) is 40.2 Å². The molecule has 1 aromatic rings. The molecule has 0 radical (unpaired) electrons. The number of anilines is 1. The first-order valence-corrected chi connectivity index (χ1v) is 6.79. The lowest BCUT2D eigenvalue weighted by atomic mass is 9.98. The molecular formula is C15H23N3O2. The van der Waals surface area contributed by atoms with E-state index in [4.69, 9.17) is 5.73 Å². The molecule has 0 aliphatic heterocycles. The Morgan fingerprint density at radius 3 is 2.50 bits per heavy atom. The van der Waals surface area contributed by atoms with Crippen molar-refractivity contribution in [3.8, 4) is 0 Å². The Hall–Kier alpha value is -2.04. The Morgan fingerprint density at radius 1 is 1.30 bits per heavy atom. The first-order chi connectivity index (χ1) is 9.36. The molecule has 0 aliphatic carbocycles. The van der Waals surface area contributed by atoms with Gasteiger partial charge in [0.05, 0.1) is 0 Å². The van der Waals surface area contributed by atoms with E-state index in [-0.39, 0.29) is 11.8 Å². The number of rotatable bonds is 5. The van der Waals surface area contributed by atoms with Gasteiger partial charge in [-0.3, -0.25) is 4.79 Å². The number of hydrogen-bond acceptors (Lipinski definition) is 2. The molecule has 5 heteroatoms. The molecule has 0 heterocycles. The molecule has 2 atom stereocenters. The summed E-state index contributed by atoms with van der Waals surface area (Å²) in [5, 5.41) is 5.37. The minimum atomic E-state index is -0.689. The van der Waals surface area contributed by atoms with E-state index in [0.717, 1.165) is 23.2 Å². The molecule has 5 nitrogen and oxygen atoms in total. The van der Waals surface area contributed by atoms with Crippen LogP contribution in [-0.4, -0.2) is 18.0 Å². The number of carbonyl (C=O) groups is 2. The van der Waals surface area contributed by atoms with Gasteiger partial charge in [0, 0.05) is 5.69 Å². The second kappa shape index (κ2) is 6.93. The SMILES string of the molecule is CCC(C)C(NC(N)=O)C(=O)Nc1cccc(C)c1C. The van der Waals surface area contributed by atoms with Crippen LogP contribution >= 0.6 is 0 Å². The molecule has 0 aliphatic rings. The molecule has 2 unspecified atom stereocenters. The van der Waals surface area contributed by atoms with Gasteiger partial charge in [0.25, 0.3) is 0 Å². The number of aryl methyl sites for hydroxylation is 1. The fraction of sp³-hybridized carbons (Fsp3) is 0.467. The summed E-state index contributed by atoms with van der Waals surface area (Å²) in [5.74, 6) is -0.237. The van der Waals surface area contributed by atoms with Gasteiger partial charge in [-0.1, -0.05) is 32.4 Å². The number of nitrogens with one attached hydrogen (secondary N) is 2. The molecule has 0 spiro atoms. The number of benzene rings is 1. The lowest BCUT2D eigenvalue weighted by Crippen LogP contribution is -2.49. The van der Waals surface area contributed by atoms with E-state index < -0.39 is 12.1 Å². The zero-order chi connectivity index (χ0) is 15.3. The zero-order valence-corrected chi connectivity index (χ0v) is 12.5. The summed E-state index contributed by atoms with van der Waals surface area (Å²) in [6, 6.07) is 4.40. The molecule has 0 fully saturated rings. The van der Waals surface area contributed by atoms with Crippen molar-refractivity contribution in [1.82, 2.24) is 5.32 Å². The first-order valence-electron chi connectivity index (χ1n) is 6.79. The monoisotopic (exact) mass is 277 g/mol. The second-order valence-electron chi connectivity index (χ2n) is 5.11. The maximum atomic E-state index is 12.3. The molecule has 3 amide bonds. The molecular weight excluding hydrogens is 254 g/mol. The van der Waals surface area contributed by atoms with Crippen molar-refractivity contribution >= 4 is 17.6 Å². The quantitative estimate of drug-likeness (QED) is 0.771. The summed E-state index contributed by atoms with van der Waals surface area (Å²) >= 11 is 0. The molecule has 110 valence electrons. The van der Waals surface area contributed by atoms with Crippen LogP contribution in [-0.2, 0) is 4.79 Å². The van der Waals surface area contributed by atoms with E-state index in [1.165, 1.54) is 0 Å². The topological polar surface area (TPSA) is 84.2 Å². The van der Waals surface area contributed by atoms with Crippen LogP contribution in [0.3, 0.4) is 0 Å². The standard InChI is InChI=1S/C15H23N3O2/c1-5-9(2)13(18-15(16)20)14(19)17-12-8-6-7-10(3)11(12)4/h6-9,13H,5H2,1-4H3,(H,17,19)(H3,16,18,20). The predicted octanol–water partition coefficient (Wildman–Crippen LogP) is 2.32. The van der Waals surface area contributed by atoms with Gasteiger partial charge in [-0.15, -0.1) is 0 Å². The highest BCUT2D eigenvalue weighted by Gasteiger charge is 2.25. The van der Waals surface area contributed by atoms with Crippen LogP contribution in [0.5, 0.6) is 0 Å². The van der Waals surface area contributed by atoms with E-state index in [1.807, 2.05) is 45.9 Å². The fourth-order valence-corrected chi connectivity index (χ4v) is 1.95. The van der Waals surface area contributed by atoms with Gasteiger partial charge in [-0.25, -0.2) is 4.79 Å². The smallest absolute Gasteiger partial charge is 0.312 e. The third-order valence-corrected chi connectivity index (χ3v) is 3.66. The number of hydrogen-bond donors (Lipinski definition) is 3. The second-order valence-corrected chi connectivity index (χ2v) is 5.11. The number of nitrogens with two attached hydrogens (primary N) is 1. The number of carbonyl (C=O) groups excluding carboxylic acids is 2. The van der Waals surface area contributed by atoms with Gasteiger partial charge in [0.2, 0.25) is 5.91 Å². The maximum absolute atomic E-state index is 12.3. The number of primary amides is 1. The third-order valence-electron chi connectivity index (χ3n) is 3.66. The highest BCUT2D eigenvalue weighted by molar-refractivity contribution is 5.97. The molecule has 0 saturated heterocycles. The summed E-state index contributed by atoms with van der Waals surface area (Å²) in [6.45, 7) is 7.80. The van der Waals surface area contributed by atoms with Gasteiger partial charge >= 0.3 is 6.03 Å².